The number of hydrogen-bond donors (Lipinski definition) is 0. The molecule has 0 saturated heterocycles. The van der Waals surface area contributed by atoms with Gasteiger partial charge in [0.15, 0.2) is 0 Å². The molecule has 1 unspecified atom stereocenters. The van der Waals surface area contributed by atoms with Crippen LogP contribution >= 0.6 is 17.0 Å². The summed E-state index contributed by atoms with van der Waals surface area (Å²) in [7, 11) is 9.87. The minimum Gasteiger partial charge on any atom is -0.214 e. The van der Waals surface area contributed by atoms with E-state index in [0.717, 1.165) is 6.42 Å². The second-order valence-electron chi connectivity index (χ2n) is 4.44. The van der Waals surface area contributed by atoms with E-state index in [1.807, 2.05) is 30.3 Å². The summed E-state index contributed by atoms with van der Waals surface area (Å²) in [6.07, 6.45) is 6.65. The molecule has 3 heteroatoms. The molecule has 3 rings (SSSR count). The Balaban J connectivity index is 0.000000208. The molecule has 0 amide bonds. The van der Waals surface area contributed by atoms with E-state index in [2.05, 4.69) is 44.2 Å². The van der Waals surface area contributed by atoms with Gasteiger partial charge in [0.05, 0.1) is 0 Å². The predicted octanol–water partition coefficient (Wildman–Crippen LogP) is 6.10. The molecule has 0 saturated carbocycles. The number of fused-ring (bicyclic) bond motifs is 1. The van der Waals surface area contributed by atoms with Gasteiger partial charge in [-0.3, -0.25) is 6.08 Å². The van der Waals surface area contributed by atoms with E-state index in [1.165, 1.54) is 16.7 Å². The molecule has 0 heterocycles. The van der Waals surface area contributed by atoms with Gasteiger partial charge in [0.25, 0.3) is 0 Å². The molecule has 0 bridgehead atoms. The van der Waals surface area contributed by atoms with Crippen LogP contribution in [0.2, 0.25) is 0 Å². The van der Waals surface area contributed by atoms with Crippen LogP contribution in [0, 0.1) is 13.0 Å². The third kappa shape index (κ3) is 6.04. The molecule has 2 aromatic rings. The first kappa shape index (κ1) is 17.8. The van der Waals surface area contributed by atoms with Crippen molar-refractivity contribution in [3.63, 3.8) is 0 Å². The maximum Gasteiger partial charge on any atom is -0.172 e. The zero-order valence-corrected chi connectivity index (χ0v) is 15.7. The molecule has 2 aromatic carbocycles. The summed E-state index contributed by atoms with van der Waals surface area (Å²) in [5.41, 5.74) is 4.15. The molecule has 0 nitrogen and oxygen atoms in total. The normalized spacial score (nSPS) is 14.3. The third-order valence-electron chi connectivity index (χ3n) is 3.02. The van der Waals surface area contributed by atoms with Crippen LogP contribution in [0.15, 0.2) is 48.5 Å². The fraction of sp³-hybridized carbons (Fsp3) is 0.235. The van der Waals surface area contributed by atoms with E-state index in [4.69, 9.17) is 17.0 Å². The van der Waals surface area contributed by atoms with Crippen molar-refractivity contribution in [2.24, 2.45) is 0 Å². The molecule has 104 valence electrons. The van der Waals surface area contributed by atoms with Crippen LogP contribution in [0.4, 0.5) is 0 Å². The van der Waals surface area contributed by atoms with E-state index in [-0.39, 0.29) is 0 Å². The topological polar surface area (TPSA) is 0 Å². The number of halogens is 2. The summed E-state index contributed by atoms with van der Waals surface area (Å²) in [4.78, 5) is 0. The van der Waals surface area contributed by atoms with Gasteiger partial charge in [-0.2, -0.15) is 23.8 Å². The van der Waals surface area contributed by atoms with Crippen LogP contribution in [0.3, 0.4) is 0 Å². The Bertz CT molecular complexity index is 486. The van der Waals surface area contributed by atoms with E-state index >= 15 is 0 Å². The molecule has 1 aliphatic rings. The summed E-state index contributed by atoms with van der Waals surface area (Å²) in [5, 5.41) is 0. The average molecular weight is 384 g/mol. The van der Waals surface area contributed by atoms with Crippen molar-refractivity contribution in [1.29, 1.82) is 0 Å². The number of aryl methyl sites for hydroxylation is 1. The van der Waals surface area contributed by atoms with Crippen LogP contribution in [0.25, 0.3) is 6.08 Å². The van der Waals surface area contributed by atoms with Gasteiger partial charge in [-0.1, -0.05) is 37.0 Å². The Kier molecular flexibility index (Phi) is 9.35. The zero-order chi connectivity index (χ0) is 14.8. The quantitative estimate of drug-likeness (QED) is 0.521. The summed E-state index contributed by atoms with van der Waals surface area (Å²) < 4.78 is 0. The van der Waals surface area contributed by atoms with E-state index in [9.17, 15) is 0 Å². The standard InChI is InChI=1S/C12H13.C5H5.2ClH.Zr/c1-3-10-5-6-11-8-9(2)4-7-12(10)11;1-2-4-5-3-1;;;/h4,6-8,10H,3H2,1-2H3;1-5H;2*1H;/q2*-1;;;+4/p-2. The van der Waals surface area contributed by atoms with Gasteiger partial charge < -0.3 is 0 Å². The fourth-order valence-corrected chi connectivity index (χ4v) is 2.08. The summed E-state index contributed by atoms with van der Waals surface area (Å²) in [6.45, 7) is 4.34. The van der Waals surface area contributed by atoms with Gasteiger partial charge in [0, 0.05) is 0 Å². The maximum absolute atomic E-state index is 4.93. The SMILES string of the molecule is CCC1[C-]=Cc2cc(C)ccc21.[Cl][Zr+2][Cl].c1cc[cH-]c1. The molecule has 0 aromatic heterocycles. The van der Waals surface area contributed by atoms with Gasteiger partial charge in [-0.15, -0.1) is 11.6 Å². The Hall–Kier alpha value is -0.227. The van der Waals surface area contributed by atoms with Crippen molar-refractivity contribution >= 4 is 23.1 Å². The Labute approximate surface area is 140 Å². The molecule has 20 heavy (non-hydrogen) atoms. The zero-order valence-electron chi connectivity index (χ0n) is 11.7. The Morgan fingerprint density at radius 1 is 1.25 bits per heavy atom. The smallest absolute Gasteiger partial charge is 0.172 e. The summed E-state index contributed by atoms with van der Waals surface area (Å²) in [5.74, 6) is 0.542. The summed E-state index contributed by atoms with van der Waals surface area (Å²) >= 11 is -0.826. The van der Waals surface area contributed by atoms with Gasteiger partial charge in [0.1, 0.15) is 0 Å². The third-order valence-corrected chi connectivity index (χ3v) is 3.02. The van der Waals surface area contributed by atoms with E-state index in [1.54, 1.807) is 0 Å². The molecule has 0 fully saturated rings. The molecule has 0 N–H and O–H groups in total. The van der Waals surface area contributed by atoms with Crippen molar-refractivity contribution in [1.82, 2.24) is 0 Å². The molecular weight excluding hydrogens is 366 g/mol. The monoisotopic (exact) mass is 382 g/mol. The maximum atomic E-state index is 4.93. The summed E-state index contributed by atoms with van der Waals surface area (Å²) in [6, 6.07) is 16.6. The van der Waals surface area contributed by atoms with Crippen LogP contribution in [-0.4, -0.2) is 0 Å². The molecule has 0 radical (unpaired) electrons. The van der Waals surface area contributed by atoms with Crippen LogP contribution < -0.4 is 0 Å². The Morgan fingerprint density at radius 3 is 2.40 bits per heavy atom. The fourth-order valence-electron chi connectivity index (χ4n) is 2.08. The van der Waals surface area contributed by atoms with Gasteiger partial charge in [-0.25, -0.2) is 18.2 Å². The molecular formula is C17H18Cl2Zr. The average Bonchev–Trinajstić information content (AvgIpc) is 3.11. The minimum atomic E-state index is -0.826. The minimum absolute atomic E-state index is 0.542. The van der Waals surface area contributed by atoms with E-state index < -0.39 is 20.8 Å². The van der Waals surface area contributed by atoms with Crippen LogP contribution in [0.1, 0.15) is 36.0 Å². The van der Waals surface area contributed by atoms with Crippen LogP contribution in [0.5, 0.6) is 0 Å². The van der Waals surface area contributed by atoms with E-state index in [0.29, 0.717) is 5.92 Å². The number of hydrogen-bond acceptors (Lipinski definition) is 0. The largest absolute Gasteiger partial charge is 0.214 e. The second-order valence-corrected chi connectivity index (χ2v) is 8.17. The van der Waals surface area contributed by atoms with Crippen molar-refractivity contribution in [3.8, 4) is 0 Å². The molecule has 1 atom stereocenters. The van der Waals surface area contributed by atoms with Crippen molar-refractivity contribution in [2.75, 3.05) is 0 Å². The predicted molar refractivity (Wildman–Crippen MR) is 85.7 cm³/mol. The van der Waals surface area contributed by atoms with Crippen molar-refractivity contribution in [3.05, 3.63) is 71.3 Å². The van der Waals surface area contributed by atoms with Gasteiger partial charge in [0.2, 0.25) is 0 Å². The first-order chi connectivity index (χ1) is 9.72. The molecule has 0 aliphatic heterocycles. The van der Waals surface area contributed by atoms with Gasteiger partial charge >= 0.3 is 37.9 Å². The van der Waals surface area contributed by atoms with Crippen LogP contribution in [-0.2, 0) is 20.8 Å². The van der Waals surface area contributed by atoms with Crippen molar-refractivity contribution < 1.29 is 20.8 Å². The first-order valence-electron chi connectivity index (χ1n) is 6.55. The number of allylic oxidation sites excluding steroid dienone is 1. The second kappa shape index (κ2) is 10.5. The van der Waals surface area contributed by atoms with Gasteiger partial charge in [-0.05, 0) is 6.92 Å². The molecule has 1 aliphatic carbocycles. The first-order valence-corrected chi connectivity index (χ1v) is 12.9. The number of benzene rings is 1. The molecule has 0 spiro atoms. The Morgan fingerprint density at radius 2 is 1.90 bits per heavy atom. The van der Waals surface area contributed by atoms with Crippen molar-refractivity contribution in [2.45, 2.75) is 26.2 Å². The number of rotatable bonds is 1.